The molecule has 11 heteroatoms. The van der Waals surface area contributed by atoms with Gasteiger partial charge in [-0.15, -0.1) is 10.2 Å². The molecule has 0 bridgehead atoms. The van der Waals surface area contributed by atoms with Crippen molar-refractivity contribution in [3.63, 3.8) is 0 Å². The molecule has 0 unspecified atom stereocenters. The summed E-state index contributed by atoms with van der Waals surface area (Å²) in [5.41, 5.74) is 2.96. The Balaban J connectivity index is 1.23. The Hall–Kier alpha value is -7.53. The maximum absolute atomic E-state index is 14.0. The largest absolute Gasteiger partial charge is 0.505 e. The lowest BCUT2D eigenvalue weighted by atomic mass is 10.00. The number of phenolic OH excluding ortho intramolecular Hbond substituents is 1. The van der Waals surface area contributed by atoms with Gasteiger partial charge in [0.1, 0.15) is 22.9 Å². The number of amides is 3. The molecular formula is C45H37N5O6. The van der Waals surface area contributed by atoms with Gasteiger partial charge in [0.05, 0.1) is 19.8 Å². The number of carbonyl (C=O) groups is 3. The molecule has 7 aromatic carbocycles. The molecule has 7 aromatic rings. The maximum atomic E-state index is 14.0. The summed E-state index contributed by atoms with van der Waals surface area (Å²) in [6.45, 7) is 0.390. The van der Waals surface area contributed by atoms with Crippen molar-refractivity contribution in [2.75, 3.05) is 31.4 Å². The predicted molar refractivity (Wildman–Crippen MR) is 218 cm³/mol. The molecule has 0 saturated carbocycles. The molecule has 0 aliphatic heterocycles. The summed E-state index contributed by atoms with van der Waals surface area (Å²) < 4.78 is 10.7. The Morgan fingerprint density at radius 1 is 0.625 bits per heavy atom. The second-order valence-corrected chi connectivity index (χ2v) is 12.8. The van der Waals surface area contributed by atoms with Crippen LogP contribution in [0.4, 0.5) is 22.7 Å². The van der Waals surface area contributed by atoms with Crippen LogP contribution in [-0.4, -0.2) is 43.6 Å². The summed E-state index contributed by atoms with van der Waals surface area (Å²) in [6, 6.07) is 41.0. The molecular weight excluding hydrogens is 707 g/mol. The Morgan fingerprint density at radius 2 is 1.36 bits per heavy atom. The minimum atomic E-state index is -0.594. The van der Waals surface area contributed by atoms with E-state index < -0.39 is 11.7 Å². The molecule has 4 N–H and O–H groups in total. The highest BCUT2D eigenvalue weighted by atomic mass is 16.5. The van der Waals surface area contributed by atoms with E-state index in [0.29, 0.717) is 52.0 Å². The first-order chi connectivity index (χ1) is 27.3. The van der Waals surface area contributed by atoms with Gasteiger partial charge in [-0.1, -0.05) is 72.8 Å². The first kappa shape index (κ1) is 36.8. The van der Waals surface area contributed by atoms with Crippen LogP contribution < -0.4 is 25.4 Å². The van der Waals surface area contributed by atoms with Crippen molar-refractivity contribution in [1.29, 1.82) is 0 Å². The van der Waals surface area contributed by atoms with Gasteiger partial charge >= 0.3 is 0 Å². The van der Waals surface area contributed by atoms with Crippen LogP contribution in [0.15, 0.2) is 150 Å². The van der Waals surface area contributed by atoms with Gasteiger partial charge in [-0.25, -0.2) is 0 Å². The number of nitrogens with one attached hydrogen (secondary N) is 3. The molecule has 0 heterocycles. The van der Waals surface area contributed by atoms with E-state index in [9.17, 15) is 19.5 Å². The Bertz CT molecular complexity index is 2600. The molecule has 7 rings (SSSR count). The van der Waals surface area contributed by atoms with E-state index in [2.05, 4.69) is 26.2 Å². The number of fused-ring (bicyclic) bond motifs is 2. The molecule has 0 radical (unpaired) electrons. The van der Waals surface area contributed by atoms with Crippen LogP contribution in [0.1, 0.15) is 36.6 Å². The van der Waals surface area contributed by atoms with E-state index in [1.165, 1.54) is 19.2 Å². The highest BCUT2D eigenvalue weighted by Crippen LogP contribution is 2.41. The normalized spacial score (nSPS) is 11.0. The minimum Gasteiger partial charge on any atom is -0.505 e. The summed E-state index contributed by atoms with van der Waals surface area (Å²) in [4.78, 5) is 40.4. The van der Waals surface area contributed by atoms with Crippen LogP contribution in [0.2, 0.25) is 0 Å². The fourth-order valence-corrected chi connectivity index (χ4v) is 6.27. The average Bonchev–Trinajstić information content (AvgIpc) is 3.23. The zero-order valence-corrected chi connectivity index (χ0v) is 30.6. The van der Waals surface area contributed by atoms with Crippen LogP contribution in [0, 0.1) is 0 Å². The molecule has 0 aromatic heterocycles. The molecule has 56 heavy (non-hydrogen) atoms. The third kappa shape index (κ3) is 8.17. The summed E-state index contributed by atoms with van der Waals surface area (Å²) >= 11 is 0. The van der Waals surface area contributed by atoms with E-state index in [0.717, 1.165) is 22.1 Å². The highest BCUT2D eigenvalue weighted by molar-refractivity contribution is 6.15. The van der Waals surface area contributed by atoms with Crippen molar-refractivity contribution in [3.05, 3.63) is 162 Å². The molecule has 11 nitrogen and oxygen atoms in total. The molecule has 0 aliphatic rings. The number of anilines is 2. The van der Waals surface area contributed by atoms with E-state index in [1.807, 2.05) is 78.9 Å². The number of para-hydroxylation sites is 1. The van der Waals surface area contributed by atoms with Crippen LogP contribution in [0.5, 0.6) is 17.2 Å². The van der Waals surface area contributed by atoms with Gasteiger partial charge in [0.2, 0.25) is 0 Å². The maximum Gasteiger partial charge on any atom is 0.259 e. The molecule has 0 spiro atoms. The fourth-order valence-electron chi connectivity index (χ4n) is 6.27. The number of ether oxygens (including phenoxy) is 2. The van der Waals surface area contributed by atoms with Crippen LogP contribution in [-0.2, 0) is 6.42 Å². The van der Waals surface area contributed by atoms with Gasteiger partial charge in [-0.05, 0) is 89.5 Å². The molecule has 0 atom stereocenters. The van der Waals surface area contributed by atoms with Gasteiger partial charge < -0.3 is 30.5 Å². The monoisotopic (exact) mass is 743 g/mol. The Labute approximate surface area is 322 Å². The lowest BCUT2D eigenvalue weighted by Gasteiger charge is -2.14. The first-order valence-corrected chi connectivity index (χ1v) is 17.8. The van der Waals surface area contributed by atoms with Gasteiger partial charge in [-0.3, -0.25) is 14.4 Å². The first-order valence-electron chi connectivity index (χ1n) is 17.8. The zero-order valence-electron chi connectivity index (χ0n) is 30.6. The predicted octanol–water partition coefficient (Wildman–Crippen LogP) is 9.61. The molecule has 0 aliphatic carbocycles. The van der Waals surface area contributed by atoms with E-state index in [4.69, 9.17) is 9.47 Å². The van der Waals surface area contributed by atoms with E-state index in [-0.39, 0.29) is 28.8 Å². The summed E-state index contributed by atoms with van der Waals surface area (Å²) in [6.07, 6.45) is 0.610. The lowest BCUT2D eigenvalue weighted by molar-refractivity contribution is 0.0952. The van der Waals surface area contributed by atoms with Crippen LogP contribution >= 0.6 is 0 Å². The van der Waals surface area contributed by atoms with Gasteiger partial charge in [-0.2, -0.15) is 0 Å². The fraction of sp³-hybridized carbons (Fsp3) is 0.0889. The summed E-state index contributed by atoms with van der Waals surface area (Å²) in [7, 11) is 3.07. The second-order valence-electron chi connectivity index (χ2n) is 12.8. The van der Waals surface area contributed by atoms with Gasteiger partial charge in [0.15, 0.2) is 5.75 Å². The Kier molecular flexibility index (Phi) is 10.9. The number of aromatic hydroxyl groups is 1. The smallest absolute Gasteiger partial charge is 0.259 e. The zero-order chi connectivity index (χ0) is 39.0. The number of hydrogen-bond acceptors (Lipinski definition) is 8. The number of hydrogen-bond donors (Lipinski definition) is 4. The molecule has 278 valence electrons. The molecule has 0 fully saturated rings. The van der Waals surface area contributed by atoms with E-state index in [1.54, 1.807) is 55.6 Å². The van der Waals surface area contributed by atoms with Crippen molar-refractivity contribution < 1.29 is 29.0 Å². The van der Waals surface area contributed by atoms with Crippen molar-refractivity contribution in [1.82, 2.24) is 5.32 Å². The minimum absolute atomic E-state index is 0.0155. The third-order valence-corrected chi connectivity index (χ3v) is 9.22. The number of rotatable bonds is 12. The number of phenols is 1. The third-order valence-electron chi connectivity index (χ3n) is 9.22. The van der Waals surface area contributed by atoms with Crippen LogP contribution in [0.3, 0.4) is 0 Å². The molecule has 3 amide bonds. The SMILES string of the molecule is COc1ccc(CCNC(=O)c2ccc3c(N=Nc4cc(C(=O)Nc5ccccc5)ccc4OC)c(O)c(C(=O)Nc4cccc5ccccc45)cc3c2)cc1. The highest BCUT2D eigenvalue weighted by Gasteiger charge is 2.21. The van der Waals surface area contributed by atoms with Crippen molar-refractivity contribution in [3.8, 4) is 17.2 Å². The number of methoxy groups -OCH3 is 2. The van der Waals surface area contributed by atoms with Gasteiger partial charge in [0, 0.05) is 39.8 Å². The van der Waals surface area contributed by atoms with Crippen molar-refractivity contribution in [2.24, 2.45) is 10.2 Å². The standard InChI is InChI=1S/C45H37N5O6/c1-55-34-19-15-28(16-20-34)23-24-46-43(52)30-17-21-36-32(25-30)26-37(45(54)48-38-14-8-10-29-9-6-7-13-35(29)38)42(51)41(36)50-49-39-27-31(18-22-40(39)56-2)44(53)47-33-11-4-3-5-12-33/h3-22,25-27,51H,23-24H2,1-2H3,(H,46,52)(H,47,53)(H,48,54). The number of azo groups is 1. The summed E-state index contributed by atoms with van der Waals surface area (Å²) in [5, 5.41) is 31.9. The number of benzene rings is 7. The van der Waals surface area contributed by atoms with Crippen molar-refractivity contribution in [2.45, 2.75) is 6.42 Å². The van der Waals surface area contributed by atoms with Crippen LogP contribution in [0.25, 0.3) is 21.5 Å². The average molecular weight is 744 g/mol. The quantitative estimate of drug-likeness (QED) is 0.0916. The Morgan fingerprint density at radius 3 is 2.14 bits per heavy atom. The lowest BCUT2D eigenvalue weighted by Crippen LogP contribution is -2.25. The van der Waals surface area contributed by atoms with Gasteiger partial charge in [0.25, 0.3) is 17.7 Å². The molecule has 0 saturated heterocycles. The summed E-state index contributed by atoms with van der Waals surface area (Å²) in [5.74, 6) is -0.620. The number of nitrogens with zero attached hydrogens (tertiary/aromatic N) is 2. The van der Waals surface area contributed by atoms with E-state index >= 15 is 0 Å². The number of carbonyl (C=O) groups excluding carboxylic acids is 3. The van der Waals surface area contributed by atoms with Crippen molar-refractivity contribution >= 4 is 62.0 Å². The topological polar surface area (TPSA) is 151 Å². The second kappa shape index (κ2) is 16.6.